The number of methoxy groups -OCH3 is 2. The van der Waals surface area contributed by atoms with Gasteiger partial charge in [-0.05, 0) is 18.8 Å². The van der Waals surface area contributed by atoms with E-state index >= 15 is 0 Å². The van der Waals surface area contributed by atoms with Gasteiger partial charge in [0.1, 0.15) is 11.5 Å². The number of rotatable bonds is 4. The van der Waals surface area contributed by atoms with E-state index in [0.29, 0.717) is 16.8 Å². The molecule has 0 aliphatic heterocycles. The van der Waals surface area contributed by atoms with E-state index in [4.69, 9.17) is 21.1 Å². The molecule has 4 heteroatoms. The highest BCUT2D eigenvalue weighted by Gasteiger charge is 2.26. The standard InChI is InChI=1S/C13H18ClNO2/c1-8-4-9(5-8)15-11-7-12(16-2)10(14)6-13(11)17-3/h6-9,15H,4-5H2,1-3H3. The number of nitrogens with one attached hydrogen (secondary N) is 1. The van der Waals surface area contributed by atoms with Crippen LogP contribution in [0.15, 0.2) is 12.1 Å². The van der Waals surface area contributed by atoms with Crippen LogP contribution in [0.5, 0.6) is 11.5 Å². The number of benzene rings is 1. The molecule has 0 radical (unpaired) electrons. The summed E-state index contributed by atoms with van der Waals surface area (Å²) in [7, 11) is 3.26. The highest BCUT2D eigenvalue weighted by atomic mass is 35.5. The van der Waals surface area contributed by atoms with Gasteiger partial charge < -0.3 is 14.8 Å². The summed E-state index contributed by atoms with van der Waals surface area (Å²) in [5.41, 5.74) is 0.950. The molecular weight excluding hydrogens is 238 g/mol. The maximum absolute atomic E-state index is 6.06. The first-order valence-corrected chi connectivity index (χ1v) is 6.20. The van der Waals surface area contributed by atoms with Crippen molar-refractivity contribution in [3.63, 3.8) is 0 Å². The maximum Gasteiger partial charge on any atom is 0.143 e. The van der Waals surface area contributed by atoms with E-state index < -0.39 is 0 Å². The lowest BCUT2D eigenvalue weighted by Gasteiger charge is -2.34. The first-order valence-electron chi connectivity index (χ1n) is 5.82. The summed E-state index contributed by atoms with van der Waals surface area (Å²) in [5.74, 6) is 2.24. The number of hydrogen-bond acceptors (Lipinski definition) is 3. The van der Waals surface area contributed by atoms with E-state index in [2.05, 4.69) is 12.2 Å². The molecule has 0 bridgehead atoms. The van der Waals surface area contributed by atoms with Crippen LogP contribution in [0.1, 0.15) is 19.8 Å². The number of hydrogen-bond donors (Lipinski definition) is 1. The van der Waals surface area contributed by atoms with Gasteiger partial charge in [-0.3, -0.25) is 0 Å². The number of halogens is 1. The predicted octanol–water partition coefficient (Wildman–Crippen LogP) is 3.57. The second-order valence-corrected chi connectivity index (χ2v) is 5.01. The topological polar surface area (TPSA) is 30.5 Å². The van der Waals surface area contributed by atoms with Gasteiger partial charge in [-0.15, -0.1) is 0 Å². The summed E-state index contributed by atoms with van der Waals surface area (Å²) in [4.78, 5) is 0. The maximum atomic E-state index is 6.06. The van der Waals surface area contributed by atoms with Gasteiger partial charge in [0.2, 0.25) is 0 Å². The van der Waals surface area contributed by atoms with Gasteiger partial charge in [0.05, 0.1) is 24.9 Å². The van der Waals surface area contributed by atoms with Crippen molar-refractivity contribution >= 4 is 17.3 Å². The Hall–Kier alpha value is -1.09. The van der Waals surface area contributed by atoms with Crippen LogP contribution in [0.4, 0.5) is 5.69 Å². The van der Waals surface area contributed by atoms with Crippen LogP contribution in [0.3, 0.4) is 0 Å². The summed E-state index contributed by atoms with van der Waals surface area (Å²) in [6.07, 6.45) is 2.40. The highest BCUT2D eigenvalue weighted by Crippen LogP contribution is 2.38. The first kappa shape index (κ1) is 12.4. The molecule has 1 aliphatic carbocycles. The molecule has 1 aromatic rings. The van der Waals surface area contributed by atoms with Gasteiger partial charge in [0.25, 0.3) is 0 Å². The molecule has 94 valence electrons. The molecule has 0 unspecified atom stereocenters. The Morgan fingerprint density at radius 1 is 1.18 bits per heavy atom. The van der Waals surface area contributed by atoms with Gasteiger partial charge in [0, 0.05) is 18.2 Å². The Kier molecular flexibility index (Phi) is 3.67. The minimum absolute atomic E-state index is 0.532. The molecule has 2 rings (SSSR count). The molecule has 0 spiro atoms. The van der Waals surface area contributed by atoms with Crippen molar-refractivity contribution in [1.29, 1.82) is 0 Å². The zero-order chi connectivity index (χ0) is 12.4. The van der Waals surface area contributed by atoms with Crippen LogP contribution in [-0.4, -0.2) is 20.3 Å². The Balaban J connectivity index is 2.18. The molecule has 1 fully saturated rings. The molecule has 1 aliphatic rings. The molecule has 0 heterocycles. The minimum atomic E-state index is 0.532. The van der Waals surface area contributed by atoms with Crippen molar-refractivity contribution in [2.45, 2.75) is 25.8 Å². The molecule has 1 saturated carbocycles. The predicted molar refractivity (Wildman–Crippen MR) is 70.4 cm³/mol. The Bertz CT molecular complexity index is 403. The van der Waals surface area contributed by atoms with Crippen molar-refractivity contribution in [2.24, 2.45) is 5.92 Å². The Morgan fingerprint density at radius 3 is 2.35 bits per heavy atom. The third-order valence-corrected chi connectivity index (χ3v) is 3.50. The summed E-state index contributed by atoms with van der Waals surface area (Å²) < 4.78 is 10.5. The quantitative estimate of drug-likeness (QED) is 0.892. The normalized spacial score (nSPS) is 22.8. The fourth-order valence-electron chi connectivity index (χ4n) is 2.21. The Labute approximate surface area is 107 Å². The molecule has 0 amide bonds. The van der Waals surface area contributed by atoms with Gasteiger partial charge >= 0.3 is 0 Å². The van der Waals surface area contributed by atoms with E-state index in [-0.39, 0.29) is 0 Å². The van der Waals surface area contributed by atoms with Gasteiger partial charge in [-0.2, -0.15) is 0 Å². The van der Waals surface area contributed by atoms with Gasteiger partial charge in [-0.1, -0.05) is 18.5 Å². The average Bonchev–Trinajstić information content (AvgIpc) is 2.28. The van der Waals surface area contributed by atoms with Crippen molar-refractivity contribution in [2.75, 3.05) is 19.5 Å². The molecule has 0 saturated heterocycles. The molecule has 17 heavy (non-hydrogen) atoms. The summed E-state index contributed by atoms with van der Waals surface area (Å²) >= 11 is 6.06. The van der Waals surface area contributed by atoms with Crippen molar-refractivity contribution in [3.8, 4) is 11.5 Å². The summed E-state index contributed by atoms with van der Waals surface area (Å²) in [6, 6.07) is 4.21. The minimum Gasteiger partial charge on any atom is -0.495 e. The van der Waals surface area contributed by atoms with Gasteiger partial charge in [-0.25, -0.2) is 0 Å². The largest absolute Gasteiger partial charge is 0.495 e. The van der Waals surface area contributed by atoms with E-state index in [1.165, 1.54) is 12.8 Å². The van der Waals surface area contributed by atoms with Crippen LogP contribution in [0, 0.1) is 5.92 Å². The fourth-order valence-corrected chi connectivity index (χ4v) is 2.44. The number of anilines is 1. The van der Waals surface area contributed by atoms with Crippen molar-refractivity contribution in [3.05, 3.63) is 17.2 Å². The van der Waals surface area contributed by atoms with Crippen LogP contribution in [0.2, 0.25) is 5.02 Å². The van der Waals surface area contributed by atoms with Gasteiger partial charge in [0.15, 0.2) is 0 Å². The highest BCUT2D eigenvalue weighted by molar-refractivity contribution is 6.32. The monoisotopic (exact) mass is 255 g/mol. The Morgan fingerprint density at radius 2 is 1.82 bits per heavy atom. The van der Waals surface area contributed by atoms with E-state index in [0.717, 1.165) is 17.4 Å². The molecule has 0 aromatic heterocycles. The van der Waals surface area contributed by atoms with E-state index in [1.807, 2.05) is 6.07 Å². The number of ether oxygens (including phenoxy) is 2. The molecule has 1 N–H and O–H groups in total. The fraction of sp³-hybridized carbons (Fsp3) is 0.538. The lowest BCUT2D eigenvalue weighted by atomic mass is 9.82. The smallest absolute Gasteiger partial charge is 0.143 e. The van der Waals surface area contributed by atoms with Crippen LogP contribution >= 0.6 is 11.6 Å². The zero-order valence-corrected chi connectivity index (χ0v) is 11.2. The molecule has 0 atom stereocenters. The first-order chi connectivity index (χ1) is 8.13. The summed E-state index contributed by atoms with van der Waals surface area (Å²) in [5, 5.41) is 4.03. The molecule has 3 nitrogen and oxygen atoms in total. The van der Waals surface area contributed by atoms with Crippen molar-refractivity contribution < 1.29 is 9.47 Å². The van der Waals surface area contributed by atoms with Crippen LogP contribution in [0.25, 0.3) is 0 Å². The third kappa shape index (κ3) is 2.60. The second-order valence-electron chi connectivity index (χ2n) is 4.60. The molecule has 1 aromatic carbocycles. The SMILES string of the molecule is COc1cc(NC2CC(C)C2)c(OC)cc1Cl. The lowest BCUT2D eigenvalue weighted by Crippen LogP contribution is -2.33. The molecular formula is C13H18ClNO2. The van der Waals surface area contributed by atoms with E-state index in [9.17, 15) is 0 Å². The second kappa shape index (κ2) is 5.05. The van der Waals surface area contributed by atoms with E-state index in [1.54, 1.807) is 20.3 Å². The van der Waals surface area contributed by atoms with Crippen LogP contribution < -0.4 is 14.8 Å². The zero-order valence-electron chi connectivity index (χ0n) is 10.4. The average molecular weight is 256 g/mol. The van der Waals surface area contributed by atoms with Crippen molar-refractivity contribution in [1.82, 2.24) is 0 Å². The third-order valence-electron chi connectivity index (χ3n) is 3.21. The lowest BCUT2D eigenvalue weighted by molar-refractivity contribution is 0.307. The summed E-state index contributed by atoms with van der Waals surface area (Å²) in [6.45, 7) is 2.26. The van der Waals surface area contributed by atoms with Crippen LogP contribution in [-0.2, 0) is 0 Å².